The Balaban J connectivity index is 2.25. The van der Waals surface area contributed by atoms with Crippen molar-refractivity contribution in [3.8, 4) is 0 Å². The number of aliphatic imine (C=N–C) groups is 1. The van der Waals surface area contributed by atoms with Gasteiger partial charge >= 0.3 is 0 Å². The zero-order valence-electron chi connectivity index (χ0n) is 15.7. The molecule has 1 rings (SSSR count). The molecule has 1 unspecified atom stereocenters. The molecule has 0 aromatic carbocycles. The van der Waals surface area contributed by atoms with E-state index in [1.54, 1.807) is 14.2 Å². The van der Waals surface area contributed by atoms with Crippen LogP contribution >= 0.6 is 0 Å². The van der Waals surface area contributed by atoms with Gasteiger partial charge in [0.2, 0.25) is 0 Å². The summed E-state index contributed by atoms with van der Waals surface area (Å²) in [4.78, 5) is 7.24. The Kier molecular flexibility index (Phi) is 12.7. The van der Waals surface area contributed by atoms with Crippen molar-refractivity contribution in [1.29, 1.82) is 0 Å². The van der Waals surface area contributed by atoms with Crippen LogP contribution in [-0.4, -0.2) is 90.3 Å². The van der Waals surface area contributed by atoms with E-state index in [0.29, 0.717) is 19.3 Å². The van der Waals surface area contributed by atoms with E-state index in [0.717, 1.165) is 58.3 Å². The molecule has 7 heteroatoms. The Labute approximate surface area is 147 Å². The van der Waals surface area contributed by atoms with Gasteiger partial charge < -0.3 is 24.8 Å². The van der Waals surface area contributed by atoms with E-state index in [4.69, 9.17) is 19.2 Å². The lowest BCUT2D eigenvalue weighted by Gasteiger charge is -2.23. The summed E-state index contributed by atoms with van der Waals surface area (Å²) >= 11 is 0. The summed E-state index contributed by atoms with van der Waals surface area (Å²) in [6.07, 6.45) is 3.43. The van der Waals surface area contributed by atoms with Crippen LogP contribution in [0, 0.1) is 0 Å². The van der Waals surface area contributed by atoms with Crippen molar-refractivity contribution in [3.05, 3.63) is 0 Å². The SMILES string of the molecule is CCNC(=NCC1CCCN1CCOC)NCCCOCCOC. The van der Waals surface area contributed by atoms with Gasteiger partial charge in [-0.2, -0.15) is 0 Å². The fourth-order valence-electron chi connectivity index (χ4n) is 2.77. The molecule has 7 nitrogen and oxygen atoms in total. The van der Waals surface area contributed by atoms with Gasteiger partial charge in [0.25, 0.3) is 0 Å². The monoisotopic (exact) mass is 344 g/mol. The van der Waals surface area contributed by atoms with Gasteiger partial charge in [0.05, 0.1) is 26.4 Å². The summed E-state index contributed by atoms with van der Waals surface area (Å²) in [7, 11) is 3.44. The van der Waals surface area contributed by atoms with E-state index in [-0.39, 0.29) is 0 Å². The highest BCUT2D eigenvalue weighted by atomic mass is 16.5. The zero-order valence-corrected chi connectivity index (χ0v) is 15.7. The Morgan fingerprint density at radius 2 is 1.96 bits per heavy atom. The molecule has 0 amide bonds. The molecule has 24 heavy (non-hydrogen) atoms. The highest BCUT2D eigenvalue weighted by Crippen LogP contribution is 2.16. The fraction of sp³-hybridized carbons (Fsp3) is 0.941. The molecule has 142 valence electrons. The molecule has 2 N–H and O–H groups in total. The minimum absolute atomic E-state index is 0.535. The van der Waals surface area contributed by atoms with Gasteiger partial charge in [-0.25, -0.2) is 0 Å². The van der Waals surface area contributed by atoms with E-state index in [1.165, 1.54) is 12.8 Å². The molecule has 0 aliphatic carbocycles. The van der Waals surface area contributed by atoms with E-state index < -0.39 is 0 Å². The third-order valence-corrected chi connectivity index (χ3v) is 4.08. The largest absolute Gasteiger partial charge is 0.383 e. The number of likely N-dealkylation sites (tertiary alicyclic amines) is 1. The highest BCUT2D eigenvalue weighted by Gasteiger charge is 2.23. The summed E-state index contributed by atoms with van der Waals surface area (Å²) < 4.78 is 15.6. The van der Waals surface area contributed by atoms with E-state index in [1.807, 2.05) is 0 Å². The standard InChI is InChI=1S/C17H36N4O3/c1-4-18-17(19-8-6-11-24-14-13-23-3)20-15-16-7-5-9-21(16)10-12-22-2/h16H,4-15H2,1-3H3,(H2,18,19,20). The highest BCUT2D eigenvalue weighted by molar-refractivity contribution is 5.79. The summed E-state index contributed by atoms with van der Waals surface area (Å²) in [5.41, 5.74) is 0. The molecule has 1 heterocycles. The summed E-state index contributed by atoms with van der Waals surface area (Å²) in [5.74, 6) is 0.896. The van der Waals surface area contributed by atoms with Crippen molar-refractivity contribution in [3.63, 3.8) is 0 Å². The van der Waals surface area contributed by atoms with E-state index in [2.05, 4.69) is 22.5 Å². The van der Waals surface area contributed by atoms with Crippen molar-refractivity contribution in [2.75, 3.05) is 73.4 Å². The molecule has 1 fully saturated rings. The predicted molar refractivity (Wildman–Crippen MR) is 97.8 cm³/mol. The smallest absolute Gasteiger partial charge is 0.191 e. The number of guanidine groups is 1. The maximum atomic E-state index is 5.46. The molecule has 1 aliphatic heterocycles. The second kappa shape index (κ2) is 14.5. The second-order valence-corrected chi connectivity index (χ2v) is 5.93. The van der Waals surface area contributed by atoms with Crippen molar-refractivity contribution in [2.24, 2.45) is 4.99 Å². The topological polar surface area (TPSA) is 67.4 Å². The minimum atomic E-state index is 0.535. The molecule has 0 radical (unpaired) electrons. The van der Waals surface area contributed by atoms with Gasteiger partial charge in [0.15, 0.2) is 5.96 Å². The van der Waals surface area contributed by atoms with Crippen LogP contribution in [0.5, 0.6) is 0 Å². The van der Waals surface area contributed by atoms with Gasteiger partial charge in [-0.05, 0) is 32.7 Å². The number of nitrogens with zero attached hydrogens (tertiary/aromatic N) is 2. The van der Waals surface area contributed by atoms with Gasteiger partial charge in [-0.15, -0.1) is 0 Å². The number of hydrogen-bond acceptors (Lipinski definition) is 5. The molecule has 0 spiro atoms. The normalized spacial score (nSPS) is 19.0. The Morgan fingerprint density at radius 1 is 1.12 bits per heavy atom. The second-order valence-electron chi connectivity index (χ2n) is 5.93. The maximum absolute atomic E-state index is 5.46. The summed E-state index contributed by atoms with van der Waals surface area (Å²) in [5, 5.41) is 6.69. The average Bonchev–Trinajstić information content (AvgIpc) is 3.04. The third kappa shape index (κ3) is 9.42. The first-order valence-corrected chi connectivity index (χ1v) is 9.13. The Bertz CT molecular complexity index is 329. The van der Waals surface area contributed by atoms with Crippen molar-refractivity contribution >= 4 is 5.96 Å². The van der Waals surface area contributed by atoms with Crippen LogP contribution < -0.4 is 10.6 Å². The van der Waals surface area contributed by atoms with Crippen LogP contribution in [0.3, 0.4) is 0 Å². The zero-order chi connectivity index (χ0) is 17.5. The van der Waals surface area contributed by atoms with Gasteiger partial charge in [-0.3, -0.25) is 9.89 Å². The van der Waals surface area contributed by atoms with Crippen LogP contribution in [0.2, 0.25) is 0 Å². The molecule has 0 aromatic heterocycles. The quantitative estimate of drug-likeness (QED) is 0.291. The first-order chi connectivity index (χ1) is 11.8. The first kappa shape index (κ1) is 21.2. The van der Waals surface area contributed by atoms with Crippen molar-refractivity contribution in [2.45, 2.75) is 32.2 Å². The molecule has 0 saturated carbocycles. The minimum Gasteiger partial charge on any atom is -0.383 e. The van der Waals surface area contributed by atoms with Crippen molar-refractivity contribution in [1.82, 2.24) is 15.5 Å². The molecular weight excluding hydrogens is 308 g/mol. The van der Waals surface area contributed by atoms with Crippen LogP contribution in [0.4, 0.5) is 0 Å². The van der Waals surface area contributed by atoms with Crippen LogP contribution in [-0.2, 0) is 14.2 Å². The molecular formula is C17H36N4O3. The predicted octanol–water partition coefficient (Wildman–Crippen LogP) is 0.705. The van der Waals surface area contributed by atoms with E-state index in [9.17, 15) is 0 Å². The van der Waals surface area contributed by atoms with Crippen molar-refractivity contribution < 1.29 is 14.2 Å². The molecule has 1 aliphatic rings. The molecule has 0 bridgehead atoms. The summed E-state index contributed by atoms with van der Waals surface area (Å²) in [6.45, 7) is 9.65. The lowest BCUT2D eigenvalue weighted by molar-refractivity contribution is 0.0698. The molecule has 0 aromatic rings. The van der Waals surface area contributed by atoms with Gasteiger partial charge in [0, 0.05) is 46.5 Å². The van der Waals surface area contributed by atoms with Crippen LogP contribution in [0.25, 0.3) is 0 Å². The van der Waals surface area contributed by atoms with E-state index >= 15 is 0 Å². The summed E-state index contributed by atoms with van der Waals surface area (Å²) in [6, 6.07) is 0.535. The fourth-order valence-corrected chi connectivity index (χ4v) is 2.77. The van der Waals surface area contributed by atoms with Gasteiger partial charge in [-0.1, -0.05) is 0 Å². The number of hydrogen-bond donors (Lipinski definition) is 2. The maximum Gasteiger partial charge on any atom is 0.191 e. The Morgan fingerprint density at radius 3 is 2.71 bits per heavy atom. The Hall–Kier alpha value is -0.890. The number of rotatable bonds is 13. The van der Waals surface area contributed by atoms with Gasteiger partial charge in [0.1, 0.15) is 0 Å². The van der Waals surface area contributed by atoms with Crippen LogP contribution in [0.1, 0.15) is 26.2 Å². The number of methoxy groups -OCH3 is 2. The van der Waals surface area contributed by atoms with Crippen LogP contribution in [0.15, 0.2) is 4.99 Å². The third-order valence-electron chi connectivity index (χ3n) is 4.08. The lowest BCUT2D eigenvalue weighted by Crippen LogP contribution is -2.40. The molecule has 1 atom stereocenters. The number of nitrogens with one attached hydrogen (secondary N) is 2. The average molecular weight is 345 g/mol. The number of ether oxygens (including phenoxy) is 3. The molecule has 1 saturated heterocycles. The lowest BCUT2D eigenvalue weighted by atomic mass is 10.2. The first-order valence-electron chi connectivity index (χ1n) is 9.13.